The van der Waals surface area contributed by atoms with Crippen molar-refractivity contribution in [2.24, 2.45) is 0 Å². The minimum absolute atomic E-state index is 0.269. The third-order valence-corrected chi connectivity index (χ3v) is 5.81. The molecule has 154 valence electrons. The number of fused-ring (bicyclic) bond motifs is 1. The minimum Gasteiger partial charge on any atom is -0.444 e. The van der Waals surface area contributed by atoms with Gasteiger partial charge in [-0.25, -0.2) is 4.79 Å². The van der Waals surface area contributed by atoms with Crippen LogP contribution in [0.15, 0.2) is 58.5 Å². The molecule has 0 unspecified atom stereocenters. The largest absolute Gasteiger partial charge is 0.444 e. The number of carbonyl (C=O) groups excluding carboxylic acids is 1. The topological polar surface area (TPSA) is 45.3 Å². The molecule has 0 bridgehead atoms. The average molecular weight is 411 g/mol. The zero-order valence-corrected chi connectivity index (χ0v) is 18.7. The Morgan fingerprint density at radius 3 is 2.66 bits per heavy atom. The Balaban J connectivity index is 1.65. The molecule has 0 aliphatic rings. The Hall–Kier alpha value is -2.40. The molecule has 0 saturated heterocycles. The zero-order valence-electron chi connectivity index (χ0n) is 17.9. The number of hydrogen-bond acceptors (Lipinski definition) is 3. The number of carbonyl (C=O) groups is 1. The number of aryl methyl sites for hydroxylation is 2. The maximum Gasteiger partial charge on any atom is 0.410 e. The van der Waals surface area contributed by atoms with Crippen LogP contribution >= 0.6 is 11.8 Å². The third-order valence-electron chi connectivity index (χ3n) is 4.64. The first-order valence-corrected chi connectivity index (χ1v) is 10.8. The van der Waals surface area contributed by atoms with E-state index in [1.807, 2.05) is 20.8 Å². The van der Waals surface area contributed by atoms with Crippen molar-refractivity contribution >= 4 is 28.8 Å². The van der Waals surface area contributed by atoms with Gasteiger partial charge in [0, 0.05) is 40.5 Å². The molecule has 0 spiro atoms. The second-order valence-corrected chi connectivity index (χ2v) is 9.50. The van der Waals surface area contributed by atoms with E-state index in [1.165, 1.54) is 26.3 Å². The van der Waals surface area contributed by atoms with Crippen molar-refractivity contribution in [3.8, 4) is 0 Å². The second-order valence-electron chi connectivity index (χ2n) is 8.42. The normalized spacial score (nSPS) is 11.6. The number of hydrogen-bond donors (Lipinski definition) is 1. The maximum atomic E-state index is 12.1. The molecule has 0 radical (unpaired) electrons. The molecule has 3 rings (SSSR count). The molecule has 1 aromatic heterocycles. The SMILES string of the molecule is Cc1ccc2[nH]cc(Sc3ccccc3CCCN(C)C(=O)OC(C)(C)C)c2c1. The number of rotatable bonds is 6. The highest BCUT2D eigenvalue weighted by atomic mass is 32.2. The van der Waals surface area contributed by atoms with Gasteiger partial charge in [-0.2, -0.15) is 0 Å². The molecule has 1 N–H and O–H groups in total. The number of benzene rings is 2. The lowest BCUT2D eigenvalue weighted by molar-refractivity contribution is 0.0297. The summed E-state index contributed by atoms with van der Waals surface area (Å²) in [5.41, 5.74) is 3.26. The van der Waals surface area contributed by atoms with Gasteiger partial charge in [0.2, 0.25) is 0 Å². The Labute approximate surface area is 177 Å². The van der Waals surface area contributed by atoms with Gasteiger partial charge < -0.3 is 14.6 Å². The molecule has 0 aliphatic heterocycles. The summed E-state index contributed by atoms with van der Waals surface area (Å²) in [5, 5.41) is 1.26. The lowest BCUT2D eigenvalue weighted by Crippen LogP contribution is -2.34. The van der Waals surface area contributed by atoms with Gasteiger partial charge in [0.25, 0.3) is 0 Å². The van der Waals surface area contributed by atoms with Gasteiger partial charge in [0.15, 0.2) is 0 Å². The lowest BCUT2D eigenvalue weighted by Gasteiger charge is -2.24. The smallest absolute Gasteiger partial charge is 0.410 e. The number of aromatic nitrogens is 1. The summed E-state index contributed by atoms with van der Waals surface area (Å²) in [4.78, 5) is 19.6. The van der Waals surface area contributed by atoms with Gasteiger partial charge in [0.1, 0.15) is 5.60 Å². The molecule has 29 heavy (non-hydrogen) atoms. The highest BCUT2D eigenvalue weighted by molar-refractivity contribution is 7.99. The van der Waals surface area contributed by atoms with Gasteiger partial charge in [-0.15, -0.1) is 0 Å². The minimum atomic E-state index is -0.466. The third kappa shape index (κ3) is 5.80. The van der Waals surface area contributed by atoms with E-state index < -0.39 is 5.60 Å². The van der Waals surface area contributed by atoms with E-state index in [2.05, 4.69) is 60.6 Å². The molecule has 0 aliphatic carbocycles. The molecular weight excluding hydrogens is 380 g/mol. The van der Waals surface area contributed by atoms with Gasteiger partial charge in [-0.3, -0.25) is 0 Å². The van der Waals surface area contributed by atoms with Crippen molar-refractivity contribution in [2.45, 2.75) is 55.9 Å². The number of nitrogens with zero attached hydrogens (tertiary/aromatic N) is 1. The Morgan fingerprint density at radius 1 is 1.14 bits per heavy atom. The standard InChI is InChI=1S/C24H30N2O2S/c1-17-12-13-20-19(15-17)22(16-25-20)29-21-11-7-6-9-18(21)10-8-14-26(5)23(27)28-24(2,3)4/h6-7,9,11-13,15-16,25H,8,10,14H2,1-5H3. The van der Waals surface area contributed by atoms with Crippen LogP contribution in [0, 0.1) is 6.92 Å². The molecule has 0 saturated carbocycles. The number of aromatic amines is 1. The number of nitrogens with one attached hydrogen (secondary N) is 1. The van der Waals surface area contributed by atoms with E-state index in [1.54, 1.807) is 23.7 Å². The van der Waals surface area contributed by atoms with Crippen molar-refractivity contribution in [3.63, 3.8) is 0 Å². The molecule has 5 heteroatoms. The van der Waals surface area contributed by atoms with Crippen LogP contribution in [0.3, 0.4) is 0 Å². The van der Waals surface area contributed by atoms with Crippen LogP contribution in [-0.2, 0) is 11.2 Å². The van der Waals surface area contributed by atoms with Gasteiger partial charge in [-0.1, -0.05) is 41.6 Å². The first-order valence-electron chi connectivity index (χ1n) is 10.0. The van der Waals surface area contributed by atoms with E-state index in [0.29, 0.717) is 6.54 Å². The quantitative estimate of drug-likeness (QED) is 0.509. The van der Waals surface area contributed by atoms with Crippen LogP contribution in [0.5, 0.6) is 0 Å². The van der Waals surface area contributed by atoms with Crippen molar-refractivity contribution in [1.29, 1.82) is 0 Å². The predicted octanol–water partition coefficient (Wildman–Crippen LogP) is 6.43. The Morgan fingerprint density at radius 2 is 1.90 bits per heavy atom. The van der Waals surface area contributed by atoms with Gasteiger partial charge >= 0.3 is 6.09 Å². The summed E-state index contributed by atoms with van der Waals surface area (Å²) in [6.07, 6.45) is 3.62. The summed E-state index contributed by atoms with van der Waals surface area (Å²) in [6.45, 7) is 8.45. The second kappa shape index (κ2) is 8.95. The highest BCUT2D eigenvalue weighted by Gasteiger charge is 2.19. The van der Waals surface area contributed by atoms with Crippen molar-refractivity contribution < 1.29 is 9.53 Å². The molecular formula is C24H30N2O2S. The number of ether oxygens (including phenoxy) is 1. The molecule has 1 heterocycles. The van der Waals surface area contributed by atoms with Crippen LogP contribution in [0.4, 0.5) is 4.79 Å². The van der Waals surface area contributed by atoms with Crippen LogP contribution in [0.1, 0.15) is 38.3 Å². The summed E-state index contributed by atoms with van der Waals surface area (Å²) in [6, 6.07) is 15.0. The van der Waals surface area contributed by atoms with Crippen molar-refractivity contribution in [3.05, 3.63) is 59.8 Å². The number of H-pyrrole nitrogens is 1. The number of amides is 1. The highest BCUT2D eigenvalue weighted by Crippen LogP contribution is 2.36. The van der Waals surface area contributed by atoms with Crippen LogP contribution in [0.2, 0.25) is 0 Å². The molecule has 0 atom stereocenters. The van der Waals surface area contributed by atoms with Crippen LogP contribution in [0.25, 0.3) is 10.9 Å². The Bertz CT molecular complexity index is 988. The molecule has 4 nitrogen and oxygen atoms in total. The van der Waals surface area contributed by atoms with Crippen LogP contribution < -0.4 is 0 Å². The summed E-state index contributed by atoms with van der Waals surface area (Å²) < 4.78 is 5.43. The summed E-state index contributed by atoms with van der Waals surface area (Å²) >= 11 is 1.80. The van der Waals surface area contributed by atoms with E-state index in [0.717, 1.165) is 18.4 Å². The molecule has 2 aromatic carbocycles. The lowest BCUT2D eigenvalue weighted by atomic mass is 10.1. The zero-order chi connectivity index (χ0) is 21.0. The van der Waals surface area contributed by atoms with E-state index in [9.17, 15) is 4.79 Å². The monoisotopic (exact) mass is 410 g/mol. The maximum absolute atomic E-state index is 12.1. The fourth-order valence-electron chi connectivity index (χ4n) is 3.16. The molecule has 3 aromatic rings. The fourth-order valence-corrected chi connectivity index (χ4v) is 4.24. The summed E-state index contributed by atoms with van der Waals surface area (Å²) in [5.74, 6) is 0. The van der Waals surface area contributed by atoms with Crippen LogP contribution in [-0.4, -0.2) is 35.2 Å². The summed E-state index contributed by atoms with van der Waals surface area (Å²) in [7, 11) is 1.79. The van der Waals surface area contributed by atoms with Gasteiger partial charge in [-0.05, 0) is 64.3 Å². The van der Waals surface area contributed by atoms with E-state index in [4.69, 9.17) is 4.74 Å². The average Bonchev–Trinajstić information content (AvgIpc) is 3.03. The van der Waals surface area contributed by atoms with Gasteiger partial charge in [0.05, 0.1) is 0 Å². The first-order chi connectivity index (χ1) is 13.7. The predicted molar refractivity (Wildman–Crippen MR) is 121 cm³/mol. The van der Waals surface area contributed by atoms with E-state index >= 15 is 0 Å². The first kappa shape index (κ1) is 21.3. The molecule has 1 amide bonds. The molecule has 0 fully saturated rings. The fraction of sp³-hybridized carbons (Fsp3) is 0.375. The van der Waals surface area contributed by atoms with Crippen molar-refractivity contribution in [1.82, 2.24) is 9.88 Å². The van der Waals surface area contributed by atoms with E-state index in [-0.39, 0.29) is 6.09 Å². The van der Waals surface area contributed by atoms with Crippen molar-refractivity contribution in [2.75, 3.05) is 13.6 Å². The Kier molecular flexibility index (Phi) is 6.58.